The number of aryl methyl sites for hydroxylation is 1. The Bertz CT molecular complexity index is 1160. The van der Waals surface area contributed by atoms with Gasteiger partial charge in [0, 0.05) is 54.3 Å². The number of nitrogens with one attached hydrogen (secondary N) is 1. The maximum absolute atomic E-state index is 13.4. The molecule has 174 valence electrons. The zero-order valence-corrected chi connectivity index (χ0v) is 19.2. The number of rotatable bonds is 7. The fraction of sp³-hybridized carbons (Fsp3) is 0.346. The van der Waals surface area contributed by atoms with Gasteiger partial charge in [0.25, 0.3) is 0 Å². The number of benzene rings is 2. The summed E-state index contributed by atoms with van der Waals surface area (Å²) in [5.41, 5.74) is 4.87. The van der Waals surface area contributed by atoms with Crippen molar-refractivity contribution in [3.8, 4) is 16.9 Å². The molecule has 0 atom stereocenters. The number of hydrogen-bond acceptors (Lipinski definition) is 5. The van der Waals surface area contributed by atoms with Gasteiger partial charge in [-0.05, 0) is 43.2 Å². The van der Waals surface area contributed by atoms with Gasteiger partial charge < -0.3 is 19.2 Å². The van der Waals surface area contributed by atoms with Gasteiger partial charge in [-0.15, -0.1) is 0 Å². The van der Waals surface area contributed by atoms with Crippen LogP contribution in [0.1, 0.15) is 18.1 Å². The van der Waals surface area contributed by atoms with Crippen LogP contribution in [0.3, 0.4) is 0 Å². The van der Waals surface area contributed by atoms with Crippen LogP contribution in [0, 0.1) is 12.7 Å². The van der Waals surface area contributed by atoms with Gasteiger partial charge in [0.15, 0.2) is 0 Å². The molecule has 1 saturated heterocycles. The lowest BCUT2D eigenvalue weighted by Crippen LogP contribution is -2.41. The molecular weight excluding hydrogens is 423 g/mol. The lowest BCUT2D eigenvalue weighted by Gasteiger charge is -2.26. The number of morpholine rings is 1. The minimum Gasteiger partial charge on any atom is -0.496 e. The smallest absolute Gasteiger partial charge is 0.244 e. The van der Waals surface area contributed by atoms with Gasteiger partial charge in [0.05, 0.1) is 26.6 Å². The number of furan rings is 1. The van der Waals surface area contributed by atoms with Gasteiger partial charge in [-0.1, -0.05) is 12.1 Å². The Labute approximate surface area is 193 Å². The third kappa shape index (κ3) is 5.10. The molecule has 0 unspecified atom stereocenters. The number of fused-ring (bicyclic) bond motifs is 1. The van der Waals surface area contributed by atoms with E-state index in [4.69, 9.17) is 13.9 Å². The molecule has 0 saturated carbocycles. The summed E-state index contributed by atoms with van der Waals surface area (Å²) in [6, 6.07) is 8.28. The second-order valence-electron chi connectivity index (χ2n) is 8.19. The van der Waals surface area contributed by atoms with Crippen molar-refractivity contribution in [3.63, 3.8) is 0 Å². The Morgan fingerprint density at radius 2 is 1.97 bits per heavy atom. The number of hydrogen-bond donors (Lipinski definition) is 1. The summed E-state index contributed by atoms with van der Waals surface area (Å²) in [4.78, 5) is 14.8. The average Bonchev–Trinajstić information content (AvgIpc) is 3.24. The van der Waals surface area contributed by atoms with E-state index in [2.05, 4.69) is 10.2 Å². The third-order valence-electron chi connectivity index (χ3n) is 6.01. The molecule has 1 aliphatic heterocycles. The number of nitrogens with zero attached hydrogens (tertiary/aromatic N) is 1. The van der Waals surface area contributed by atoms with Gasteiger partial charge in [-0.3, -0.25) is 9.69 Å². The molecule has 2 aromatic carbocycles. The Kier molecular flexibility index (Phi) is 7.11. The van der Waals surface area contributed by atoms with E-state index in [1.54, 1.807) is 31.6 Å². The van der Waals surface area contributed by atoms with Crippen molar-refractivity contribution in [2.45, 2.75) is 13.8 Å². The molecule has 1 fully saturated rings. The van der Waals surface area contributed by atoms with E-state index in [1.165, 1.54) is 12.1 Å². The Balaban J connectivity index is 1.59. The maximum Gasteiger partial charge on any atom is 0.244 e. The number of amides is 1. The molecule has 1 aromatic heterocycles. The normalized spacial score (nSPS) is 15.1. The first-order valence-electron chi connectivity index (χ1n) is 11.1. The number of carbonyl (C=O) groups excluding carboxylic acids is 1. The molecule has 6 nitrogen and oxygen atoms in total. The summed E-state index contributed by atoms with van der Waals surface area (Å²) in [6.45, 7) is 8.46. The van der Waals surface area contributed by atoms with Crippen LogP contribution in [0.25, 0.3) is 27.7 Å². The Hall–Kier alpha value is -3.16. The van der Waals surface area contributed by atoms with Gasteiger partial charge in [-0.2, -0.15) is 0 Å². The van der Waals surface area contributed by atoms with Crippen LogP contribution in [-0.2, 0) is 9.53 Å². The topological polar surface area (TPSA) is 63.9 Å². The highest BCUT2D eigenvalue weighted by Crippen LogP contribution is 2.40. The summed E-state index contributed by atoms with van der Waals surface area (Å²) < 4.78 is 30.3. The highest BCUT2D eigenvalue weighted by molar-refractivity contribution is 6.01. The van der Waals surface area contributed by atoms with Crippen molar-refractivity contribution < 1.29 is 23.1 Å². The van der Waals surface area contributed by atoms with Crippen LogP contribution in [0.4, 0.5) is 4.39 Å². The standard InChI is InChI=1S/C26H29FN2O4/c1-17(14-24(30)28-8-9-29-10-12-32-13-11-29)21-15-22-23(19-4-6-20(27)7-5-19)16-33-26(22)18(2)25(21)31-3/h4-7,14-16H,8-13H2,1-3H3,(H,28,30)/b17-14+. The zero-order valence-electron chi connectivity index (χ0n) is 19.2. The molecule has 0 aliphatic carbocycles. The average molecular weight is 453 g/mol. The summed E-state index contributed by atoms with van der Waals surface area (Å²) in [5.74, 6) is 0.229. The largest absolute Gasteiger partial charge is 0.496 e. The van der Waals surface area contributed by atoms with Crippen molar-refractivity contribution >= 4 is 22.4 Å². The van der Waals surface area contributed by atoms with Crippen LogP contribution in [0.2, 0.25) is 0 Å². The lowest BCUT2D eigenvalue weighted by molar-refractivity contribution is -0.116. The van der Waals surface area contributed by atoms with Crippen molar-refractivity contribution in [1.82, 2.24) is 10.2 Å². The number of halogens is 1. The summed E-state index contributed by atoms with van der Waals surface area (Å²) >= 11 is 0. The predicted octanol–water partition coefficient (Wildman–Crippen LogP) is 4.41. The van der Waals surface area contributed by atoms with Crippen LogP contribution >= 0.6 is 0 Å². The molecule has 0 bridgehead atoms. The highest BCUT2D eigenvalue weighted by Gasteiger charge is 2.19. The van der Waals surface area contributed by atoms with E-state index in [0.29, 0.717) is 17.9 Å². The first-order chi connectivity index (χ1) is 16.0. The third-order valence-corrected chi connectivity index (χ3v) is 6.01. The molecule has 0 spiro atoms. The fourth-order valence-electron chi connectivity index (χ4n) is 4.21. The van der Waals surface area contributed by atoms with Gasteiger partial charge >= 0.3 is 0 Å². The Morgan fingerprint density at radius 3 is 2.67 bits per heavy atom. The van der Waals surface area contributed by atoms with Crippen molar-refractivity contribution in [2.75, 3.05) is 46.5 Å². The molecule has 2 heterocycles. The summed E-state index contributed by atoms with van der Waals surface area (Å²) in [6.07, 6.45) is 3.27. The molecule has 1 N–H and O–H groups in total. The second-order valence-corrected chi connectivity index (χ2v) is 8.19. The van der Waals surface area contributed by atoms with E-state index in [9.17, 15) is 9.18 Å². The number of allylic oxidation sites excluding steroid dienone is 1. The van der Waals surface area contributed by atoms with Crippen LogP contribution in [0.5, 0.6) is 5.75 Å². The Morgan fingerprint density at radius 1 is 1.24 bits per heavy atom. The molecule has 3 aromatic rings. The van der Waals surface area contributed by atoms with E-state index in [1.807, 2.05) is 19.9 Å². The first kappa shape index (κ1) is 23.0. The first-order valence-corrected chi connectivity index (χ1v) is 11.1. The van der Waals surface area contributed by atoms with E-state index < -0.39 is 0 Å². The van der Waals surface area contributed by atoms with Crippen LogP contribution in [-0.4, -0.2) is 57.3 Å². The number of methoxy groups -OCH3 is 1. The summed E-state index contributed by atoms with van der Waals surface area (Å²) in [5, 5.41) is 3.85. The van der Waals surface area contributed by atoms with E-state index in [-0.39, 0.29) is 11.7 Å². The monoisotopic (exact) mass is 452 g/mol. The second kappa shape index (κ2) is 10.2. The minimum atomic E-state index is -0.288. The highest BCUT2D eigenvalue weighted by atomic mass is 19.1. The molecule has 33 heavy (non-hydrogen) atoms. The zero-order chi connectivity index (χ0) is 23.4. The molecule has 1 amide bonds. The SMILES string of the molecule is COc1c(/C(C)=C/C(=O)NCCN2CCOCC2)cc2c(-c3ccc(F)cc3)coc2c1C. The maximum atomic E-state index is 13.4. The van der Waals surface area contributed by atoms with Crippen LogP contribution in [0.15, 0.2) is 47.1 Å². The van der Waals surface area contributed by atoms with Gasteiger partial charge in [0.2, 0.25) is 5.91 Å². The van der Waals surface area contributed by atoms with Crippen molar-refractivity contribution in [1.29, 1.82) is 0 Å². The van der Waals surface area contributed by atoms with E-state index >= 15 is 0 Å². The molecule has 0 radical (unpaired) electrons. The van der Waals surface area contributed by atoms with Crippen molar-refractivity contribution in [3.05, 3.63) is 59.6 Å². The van der Waals surface area contributed by atoms with Crippen molar-refractivity contribution in [2.24, 2.45) is 0 Å². The molecule has 4 rings (SSSR count). The quantitative estimate of drug-likeness (QED) is 0.538. The fourth-order valence-corrected chi connectivity index (χ4v) is 4.21. The number of ether oxygens (including phenoxy) is 2. The van der Waals surface area contributed by atoms with Gasteiger partial charge in [0.1, 0.15) is 17.1 Å². The van der Waals surface area contributed by atoms with Crippen LogP contribution < -0.4 is 10.1 Å². The lowest BCUT2D eigenvalue weighted by atomic mass is 9.96. The molecular formula is C26H29FN2O4. The molecule has 7 heteroatoms. The summed E-state index contributed by atoms with van der Waals surface area (Å²) in [7, 11) is 1.61. The van der Waals surface area contributed by atoms with Gasteiger partial charge in [-0.25, -0.2) is 4.39 Å². The van der Waals surface area contributed by atoms with E-state index in [0.717, 1.165) is 66.1 Å². The molecule has 1 aliphatic rings. The minimum absolute atomic E-state index is 0.147. The number of carbonyl (C=O) groups is 1. The predicted molar refractivity (Wildman–Crippen MR) is 127 cm³/mol.